The van der Waals surface area contributed by atoms with Crippen molar-refractivity contribution in [3.63, 3.8) is 0 Å². The summed E-state index contributed by atoms with van der Waals surface area (Å²) in [5, 5.41) is 12.2. The fraction of sp³-hybridized carbons (Fsp3) is 0.538. The topological polar surface area (TPSA) is 26.7 Å². The highest BCUT2D eigenvalue weighted by Crippen LogP contribution is 2.71. The molecule has 1 aliphatic carbocycles. The Morgan fingerprint density at radius 3 is 1.86 bits per heavy atom. The van der Waals surface area contributed by atoms with Crippen LogP contribution in [-0.2, 0) is 5.60 Å². The van der Waals surface area contributed by atoms with Gasteiger partial charge in [0.1, 0.15) is 5.60 Å². The molecule has 1 saturated heterocycles. The van der Waals surface area contributed by atoms with Gasteiger partial charge < -0.3 is 10.0 Å². The van der Waals surface area contributed by atoms with Gasteiger partial charge in [-0.2, -0.15) is 0 Å². The summed E-state index contributed by atoms with van der Waals surface area (Å²) in [5.74, 6) is 0. The fourth-order valence-electron chi connectivity index (χ4n) is 6.82. The predicted molar refractivity (Wildman–Crippen MR) is 121 cm³/mol. The van der Waals surface area contributed by atoms with Crippen LogP contribution in [0.15, 0.2) is 60.7 Å². The zero-order chi connectivity index (χ0) is 20.7. The molecule has 2 aliphatic rings. The molecule has 0 aromatic heterocycles. The van der Waals surface area contributed by atoms with E-state index in [2.05, 4.69) is 92.1 Å². The average molecular weight is 393 g/mol. The minimum Gasteiger partial charge on any atom is -0.384 e. The number of para-hydroxylation sites is 1. The van der Waals surface area contributed by atoms with Gasteiger partial charge in [0, 0.05) is 48.7 Å². The standard InChI is InChI=1S/C26H36N2O/c1-5-25(6-2)23(24(3,4)26(25,29)21-13-9-7-10-14-21)28-19-17-27(18-20-28)22-15-11-8-12-16-22/h7-16,23,29H,5-6,17-20H2,1-4H3. The second-order valence-electron chi connectivity index (χ2n) is 9.42. The second kappa shape index (κ2) is 7.45. The summed E-state index contributed by atoms with van der Waals surface area (Å²) in [6.45, 7) is 13.3. The van der Waals surface area contributed by atoms with Crippen LogP contribution in [0.2, 0.25) is 0 Å². The van der Waals surface area contributed by atoms with Crippen LogP contribution < -0.4 is 4.90 Å². The number of piperazine rings is 1. The highest BCUT2D eigenvalue weighted by Gasteiger charge is 2.75. The van der Waals surface area contributed by atoms with Crippen molar-refractivity contribution in [1.29, 1.82) is 0 Å². The zero-order valence-corrected chi connectivity index (χ0v) is 18.4. The van der Waals surface area contributed by atoms with Crippen molar-refractivity contribution in [2.75, 3.05) is 31.1 Å². The Bertz CT molecular complexity index is 807. The Hall–Kier alpha value is -1.84. The SMILES string of the molecule is CCC1(CC)C(N2CCN(c3ccccc3)CC2)C(C)(C)C1(O)c1ccccc1. The van der Waals surface area contributed by atoms with Crippen LogP contribution >= 0.6 is 0 Å². The molecule has 2 aromatic carbocycles. The van der Waals surface area contributed by atoms with E-state index in [1.54, 1.807) is 0 Å². The van der Waals surface area contributed by atoms with Crippen molar-refractivity contribution in [1.82, 2.24) is 4.90 Å². The van der Waals surface area contributed by atoms with Crippen molar-refractivity contribution >= 4 is 5.69 Å². The molecule has 3 nitrogen and oxygen atoms in total. The molecule has 1 heterocycles. The van der Waals surface area contributed by atoms with Gasteiger partial charge in [-0.05, 0) is 30.5 Å². The third kappa shape index (κ3) is 2.78. The quantitative estimate of drug-likeness (QED) is 0.783. The van der Waals surface area contributed by atoms with Crippen LogP contribution in [0.5, 0.6) is 0 Å². The van der Waals surface area contributed by atoms with E-state index in [0.29, 0.717) is 6.04 Å². The summed E-state index contributed by atoms with van der Waals surface area (Å²) in [5.41, 5.74) is 1.28. The lowest BCUT2D eigenvalue weighted by Crippen LogP contribution is -2.81. The van der Waals surface area contributed by atoms with Crippen molar-refractivity contribution in [2.45, 2.75) is 52.2 Å². The van der Waals surface area contributed by atoms with Gasteiger partial charge in [0.25, 0.3) is 0 Å². The molecule has 2 unspecified atom stereocenters. The summed E-state index contributed by atoms with van der Waals surface area (Å²) in [6.07, 6.45) is 1.98. The minimum atomic E-state index is -0.800. The Labute approximate surface area is 176 Å². The van der Waals surface area contributed by atoms with Crippen LogP contribution in [-0.4, -0.2) is 42.2 Å². The Morgan fingerprint density at radius 1 is 0.828 bits per heavy atom. The molecule has 2 fully saturated rings. The number of aliphatic hydroxyl groups is 1. The van der Waals surface area contributed by atoms with Gasteiger partial charge in [0.2, 0.25) is 0 Å². The first kappa shape index (κ1) is 20.4. The molecular weight excluding hydrogens is 356 g/mol. The first-order valence-corrected chi connectivity index (χ1v) is 11.2. The molecule has 1 N–H and O–H groups in total. The van der Waals surface area contributed by atoms with E-state index in [4.69, 9.17) is 0 Å². The summed E-state index contributed by atoms with van der Waals surface area (Å²) < 4.78 is 0. The lowest BCUT2D eigenvalue weighted by Gasteiger charge is -2.74. The Kier molecular flexibility index (Phi) is 5.25. The molecule has 2 atom stereocenters. The van der Waals surface area contributed by atoms with Crippen molar-refractivity contribution < 1.29 is 5.11 Å². The summed E-state index contributed by atoms with van der Waals surface area (Å²) >= 11 is 0. The minimum absolute atomic E-state index is 0.118. The lowest BCUT2D eigenvalue weighted by atomic mass is 9.36. The van der Waals surface area contributed by atoms with E-state index in [9.17, 15) is 5.11 Å². The third-order valence-electron chi connectivity index (χ3n) is 8.11. The van der Waals surface area contributed by atoms with E-state index in [1.807, 2.05) is 6.07 Å². The van der Waals surface area contributed by atoms with Crippen LogP contribution in [0.4, 0.5) is 5.69 Å². The number of nitrogens with zero attached hydrogens (tertiary/aromatic N) is 2. The smallest absolute Gasteiger partial charge is 0.103 e. The molecule has 29 heavy (non-hydrogen) atoms. The van der Waals surface area contributed by atoms with Gasteiger partial charge in [-0.15, -0.1) is 0 Å². The van der Waals surface area contributed by atoms with Gasteiger partial charge in [0.05, 0.1) is 0 Å². The van der Waals surface area contributed by atoms with Crippen molar-refractivity contribution in [2.24, 2.45) is 10.8 Å². The molecule has 2 aromatic rings. The van der Waals surface area contributed by atoms with Crippen LogP contribution in [0, 0.1) is 10.8 Å². The molecule has 0 amide bonds. The maximum atomic E-state index is 12.2. The first-order chi connectivity index (χ1) is 13.9. The van der Waals surface area contributed by atoms with Gasteiger partial charge in [-0.25, -0.2) is 0 Å². The molecule has 0 bridgehead atoms. The van der Waals surface area contributed by atoms with E-state index in [-0.39, 0.29) is 10.8 Å². The van der Waals surface area contributed by atoms with Gasteiger partial charge in [-0.3, -0.25) is 4.90 Å². The summed E-state index contributed by atoms with van der Waals surface area (Å²) in [6, 6.07) is 21.5. The maximum Gasteiger partial charge on any atom is 0.103 e. The number of hydrogen-bond acceptors (Lipinski definition) is 3. The first-order valence-electron chi connectivity index (χ1n) is 11.2. The Balaban J connectivity index is 1.61. The number of benzene rings is 2. The highest BCUT2D eigenvalue weighted by atomic mass is 16.3. The largest absolute Gasteiger partial charge is 0.384 e. The molecule has 4 rings (SSSR count). The molecule has 1 saturated carbocycles. The number of rotatable bonds is 5. The molecule has 156 valence electrons. The fourth-order valence-corrected chi connectivity index (χ4v) is 6.82. The lowest BCUT2D eigenvalue weighted by molar-refractivity contribution is -0.324. The van der Waals surface area contributed by atoms with Gasteiger partial charge in [0.15, 0.2) is 0 Å². The van der Waals surface area contributed by atoms with E-state index in [1.165, 1.54) is 5.69 Å². The third-order valence-corrected chi connectivity index (χ3v) is 8.11. The predicted octanol–water partition coefficient (Wildman–Crippen LogP) is 4.91. The monoisotopic (exact) mass is 392 g/mol. The van der Waals surface area contributed by atoms with Crippen molar-refractivity contribution in [3.05, 3.63) is 66.2 Å². The molecule has 0 radical (unpaired) electrons. The van der Waals surface area contributed by atoms with Crippen LogP contribution in [0.3, 0.4) is 0 Å². The van der Waals surface area contributed by atoms with Crippen molar-refractivity contribution in [3.8, 4) is 0 Å². The normalized spacial score (nSPS) is 28.7. The molecule has 0 spiro atoms. The molecule has 1 aliphatic heterocycles. The van der Waals surface area contributed by atoms with Gasteiger partial charge >= 0.3 is 0 Å². The van der Waals surface area contributed by atoms with E-state index < -0.39 is 5.60 Å². The molecule has 3 heteroatoms. The van der Waals surface area contributed by atoms with Gasteiger partial charge in [-0.1, -0.05) is 76.2 Å². The van der Waals surface area contributed by atoms with E-state index >= 15 is 0 Å². The van der Waals surface area contributed by atoms with Crippen LogP contribution in [0.1, 0.15) is 46.1 Å². The summed E-state index contributed by atoms with van der Waals surface area (Å²) in [7, 11) is 0. The maximum absolute atomic E-state index is 12.2. The zero-order valence-electron chi connectivity index (χ0n) is 18.4. The number of anilines is 1. The second-order valence-corrected chi connectivity index (χ2v) is 9.42. The van der Waals surface area contributed by atoms with Crippen LogP contribution in [0.25, 0.3) is 0 Å². The van der Waals surface area contributed by atoms with E-state index in [0.717, 1.165) is 44.6 Å². The molecular formula is C26H36N2O. The summed E-state index contributed by atoms with van der Waals surface area (Å²) in [4.78, 5) is 5.16. The highest BCUT2D eigenvalue weighted by molar-refractivity contribution is 5.46. The Morgan fingerprint density at radius 2 is 1.34 bits per heavy atom. The average Bonchev–Trinajstić information content (AvgIpc) is 2.78. The number of hydrogen-bond donors (Lipinski definition) is 1.